The number of benzene rings is 1. The number of ether oxygens (including phenoxy) is 1. The van der Waals surface area contributed by atoms with Gasteiger partial charge < -0.3 is 9.15 Å². The van der Waals surface area contributed by atoms with Crippen molar-refractivity contribution in [3.05, 3.63) is 47.5 Å². The van der Waals surface area contributed by atoms with Gasteiger partial charge >= 0.3 is 5.97 Å². The van der Waals surface area contributed by atoms with Crippen LogP contribution >= 0.6 is 0 Å². The molecule has 0 aliphatic rings. The minimum absolute atomic E-state index is 0.0935. The first-order chi connectivity index (χ1) is 9.15. The molecule has 2 aromatic rings. The lowest BCUT2D eigenvalue weighted by molar-refractivity contribution is 0.0526. The fourth-order valence-corrected chi connectivity index (χ4v) is 1.62. The van der Waals surface area contributed by atoms with E-state index in [4.69, 9.17) is 9.15 Å². The maximum absolute atomic E-state index is 13.7. The lowest BCUT2D eigenvalue weighted by Gasteiger charge is -2.04. The van der Waals surface area contributed by atoms with E-state index in [1.54, 1.807) is 6.92 Å². The third-order valence-corrected chi connectivity index (χ3v) is 2.49. The van der Waals surface area contributed by atoms with E-state index in [1.165, 1.54) is 24.3 Å². The molecule has 4 nitrogen and oxygen atoms in total. The van der Waals surface area contributed by atoms with Crippen LogP contribution in [-0.2, 0) is 4.74 Å². The predicted molar refractivity (Wildman–Crippen MR) is 65.4 cm³/mol. The van der Waals surface area contributed by atoms with E-state index in [-0.39, 0.29) is 29.3 Å². The lowest BCUT2D eigenvalue weighted by atomic mass is 10.1. The second kappa shape index (κ2) is 5.48. The predicted octanol–water partition coefficient (Wildman–Crippen LogP) is 3.07. The smallest absolute Gasteiger partial charge is 0.338 e. The number of carbonyl (C=O) groups excluding carboxylic acids is 2. The largest absolute Gasteiger partial charge is 0.462 e. The number of halogens is 1. The van der Waals surface area contributed by atoms with Crippen molar-refractivity contribution in [2.45, 2.75) is 6.92 Å². The van der Waals surface area contributed by atoms with Crippen LogP contribution in [0.1, 0.15) is 27.8 Å². The van der Waals surface area contributed by atoms with Crippen molar-refractivity contribution in [2.75, 3.05) is 6.61 Å². The van der Waals surface area contributed by atoms with Gasteiger partial charge in [0.15, 0.2) is 12.0 Å². The highest BCUT2D eigenvalue weighted by Gasteiger charge is 2.14. The number of hydrogen-bond acceptors (Lipinski definition) is 4. The Morgan fingerprint density at radius 3 is 2.79 bits per heavy atom. The molecule has 0 N–H and O–H groups in total. The van der Waals surface area contributed by atoms with Gasteiger partial charge in [-0.3, -0.25) is 4.79 Å². The zero-order valence-electron chi connectivity index (χ0n) is 10.2. The molecule has 19 heavy (non-hydrogen) atoms. The number of carbonyl (C=O) groups is 2. The van der Waals surface area contributed by atoms with E-state index in [9.17, 15) is 14.0 Å². The highest BCUT2D eigenvalue weighted by atomic mass is 19.1. The summed E-state index contributed by atoms with van der Waals surface area (Å²) >= 11 is 0. The molecular weight excluding hydrogens is 251 g/mol. The van der Waals surface area contributed by atoms with Gasteiger partial charge in [-0.2, -0.15) is 0 Å². The fourth-order valence-electron chi connectivity index (χ4n) is 1.62. The highest BCUT2D eigenvalue weighted by Crippen LogP contribution is 2.26. The van der Waals surface area contributed by atoms with Crippen molar-refractivity contribution in [1.82, 2.24) is 0 Å². The molecule has 0 unspecified atom stereocenters. The number of aldehydes is 1. The van der Waals surface area contributed by atoms with Crippen LogP contribution in [0.15, 0.2) is 34.7 Å². The second-order valence-electron chi connectivity index (χ2n) is 3.73. The topological polar surface area (TPSA) is 56.5 Å². The standard InChI is InChI=1S/C14H11FO4/c1-2-18-14(17)9-3-5-12(15)11(7-9)13-6-4-10(8-16)19-13/h3-8H,2H2,1H3. The fraction of sp³-hybridized carbons (Fsp3) is 0.143. The van der Waals surface area contributed by atoms with Crippen LogP contribution in [0.2, 0.25) is 0 Å². The van der Waals surface area contributed by atoms with Crippen LogP contribution in [0.3, 0.4) is 0 Å². The molecule has 1 aromatic heterocycles. The van der Waals surface area contributed by atoms with Crippen LogP contribution in [0, 0.1) is 5.82 Å². The van der Waals surface area contributed by atoms with E-state index in [1.807, 2.05) is 0 Å². The molecule has 0 aliphatic carbocycles. The number of esters is 1. The Labute approximate surface area is 108 Å². The van der Waals surface area contributed by atoms with Crippen LogP contribution in [-0.4, -0.2) is 18.9 Å². The molecule has 1 heterocycles. The van der Waals surface area contributed by atoms with Crippen molar-refractivity contribution in [2.24, 2.45) is 0 Å². The average molecular weight is 262 g/mol. The molecule has 1 aromatic carbocycles. The second-order valence-corrected chi connectivity index (χ2v) is 3.73. The van der Waals surface area contributed by atoms with Crippen molar-refractivity contribution in [3.63, 3.8) is 0 Å². The quantitative estimate of drug-likeness (QED) is 0.627. The van der Waals surface area contributed by atoms with Gasteiger partial charge in [-0.15, -0.1) is 0 Å². The van der Waals surface area contributed by atoms with Crippen molar-refractivity contribution >= 4 is 12.3 Å². The zero-order chi connectivity index (χ0) is 13.8. The lowest BCUT2D eigenvalue weighted by Crippen LogP contribution is -2.05. The SMILES string of the molecule is CCOC(=O)c1ccc(F)c(-c2ccc(C=O)o2)c1. The molecule has 5 heteroatoms. The van der Waals surface area contributed by atoms with Gasteiger partial charge in [0.1, 0.15) is 11.6 Å². The van der Waals surface area contributed by atoms with Crippen molar-refractivity contribution < 1.29 is 23.1 Å². The van der Waals surface area contributed by atoms with Crippen LogP contribution in [0.4, 0.5) is 4.39 Å². The van der Waals surface area contributed by atoms with Gasteiger partial charge in [-0.05, 0) is 37.3 Å². The Morgan fingerprint density at radius 2 is 2.16 bits per heavy atom. The summed E-state index contributed by atoms with van der Waals surface area (Å²) in [5.41, 5.74) is 0.334. The monoisotopic (exact) mass is 262 g/mol. The summed E-state index contributed by atoms with van der Waals surface area (Å²) in [4.78, 5) is 22.1. The molecule has 2 rings (SSSR count). The van der Waals surface area contributed by atoms with Gasteiger partial charge in [0.2, 0.25) is 0 Å². The van der Waals surface area contributed by atoms with Gasteiger partial charge in [0, 0.05) is 0 Å². The third kappa shape index (κ3) is 2.70. The summed E-state index contributed by atoms with van der Waals surface area (Å²) in [5, 5.41) is 0. The van der Waals surface area contributed by atoms with Gasteiger partial charge in [0.05, 0.1) is 17.7 Å². The molecule has 0 fully saturated rings. The van der Waals surface area contributed by atoms with Crippen LogP contribution in [0.25, 0.3) is 11.3 Å². The maximum Gasteiger partial charge on any atom is 0.338 e. The normalized spacial score (nSPS) is 10.2. The van der Waals surface area contributed by atoms with Gasteiger partial charge in [-0.25, -0.2) is 9.18 Å². The summed E-state index contributed by atoms with van der Waals surface area (Å²) in [6.45, 7) is 1.92. The summed E-state index contributed by atoms with van der Waals surface area (Å²) in [6, 6.07) is 6.72. The molecule has 0 spiro atoms. The Balaban J connectivity index is 2.41. The molecule has 0 bridgehead atoms. The Kier molecular flexibility index (Phi) is 3.75. The van der Waals surface area contributed by atoms with E-state index in [0.717, 1.165) is 6.07 Å². The maximum atomic E-state index is 13.7. The summed E-state index contributed by atoms with van der Waals surface area (Å²) in [5.74, 6) is -0.799. The minimum atomic E-state index is -0.542. The van der Waals surface area contributed by atoms with Crippen molar-refractivity contribution in [1.29, 1.82) is 0 Å². The Morgan fingerprint density at radius 1 is 1.37 bits per heavy atom. The van der Waals surface area contributed by atoms with Gasteiger partial charge in [-0.1, -0.05) is 0 Å². The first kappa shape index (κ1) is 13.0. The zero-order valence-corrected chi connectivity index (χ0v) is 10.2. The number of rotatable bonds is 4. The minimum Gasteiger partial charge on any atom is -0.462 e. The molecule has 0 saturated carbocycles. The molecule has 0 saturated heterocycles. The Hall–Kier alpha value is -2.43. The van der Waals surface area contributed by atoms with Crippen LogP contribution in [0.5, 0.6) is 0 Å². The van der Waals surface area contributed by atoms with Crippen molar-refractivity contribution in [3.8, 4) is 11.3 Å². The first-order valence-corrected chi connectivity index (χ1v) is 5.67. The van der Waals surface area contributed by atoms with E-state index in [0.29, 0.717) is 6.29 Å². The number of hydrogen-bond donors (Lipinski definition) is 0. The number of furan rings is 1. The Bertz CT molecular complexity index is 616. The van der Waals surface area contributed by atoms with E-state index >= 15 is 0 Å². The third-order valence-electron chi connectivity index (χ3n) is 2.49. The van der Waals surface area contributed by atoms with Crippen LogP contribution < -0.4 is 0 Å². The van der Waals surface area contributed by atoms with E-state index in [2.05, 4.69) is 0 Å². The molecule has 0 aliphatic heterocycles. The highest BCUT2D eigenvalue weighted by molar-refractivity contribution is 5.91. The van der Waals surface area contributed by atoms with E-state index < -0.39 is 11.8 Å². The summed E-state index contributed by atoms with van der Waals surface area (Å²) in [6.07, 6.45) is 0.524. The molecule has 98 valence electrons. The van der Waals surface area contributed by atoms with Gasteiger partial charge in [0.25, 0.3) is 0 Å². The molecule has 0 atom stereocenters. The molecule has 0 amide bonds. The molecule has 0 radical (unpaired) electrons. The average Bonchev–Trinajstić information content (AvgIpc) is 2.88. The summed E-state index contributed by atoms with van der Waals surface area (Å²) < 4.78 is 23.7. The summed E-state index contributed by atoms with van der Waals surface area (Å²) in [7, 11) is 0. The molecular formula is C14H11FO4. The first-order valence-electron chi connectivity index (χ1n) is 5.67.